The zero-order chi connectivity index (χ0) is 12.8. The molecule has 1 rings (SSSR count). The maximum absolute atomic E-state index is 2.38. The highest BCUT2D eigenvalue weighted by Crippen LogP contribution is 2.28. The first kappa shape index (κ1) is 14.0. The van der Waals surface area contributed by atoms with E-state index in [4.69, 9.17) is 0 Å². The molecule has 0 heteroatoms. The van der Waals surface area contributed by atoms with Crippen molar-refractivity contribution in [3.05, 3.63) is 40.5 Å². The lowest BCUT2D eigenvalue weighted by Gasteiger charge is -2.14. The summed E-state index contributed by atoms with van der Waals surface area (Å²) in [5.41, 5.74) is 7.44. The fourth-order valence-electron chi connectivity index (χ4n) is 2.46. The van der Waals surface area contributed by atoms with Crippen molar-refractivity contribution in [3.63, 3.8) is 0 Å². The third-order valence-electron chi connectivity index (χ3n) is 3.53. The largest absolute Gasteiger partial charge is 0.0695 e. The Labute approximate surface area is 107 Å². The Kier molecular flexibility index (Phi) is 5.47. The second-order valence-corrected chi connectivity index (χ2v) is 4.87. The maximum Gasteiger partial charge on any atom is -0.0193 e. The predicted octanol–water partition coefficient (Wildman–Crippen LogP) is 5.54. The number of rotatable bonds is 5. The van der Waals surface area contributed by atoms with Crippen LogP contribution in [0.1, 0.15) is 63.6 Å². The molecule has 0 saturated carbocycles. The van der Waals surface area contributed by atoms with Crippen LogP contribution in [0.25, 0.3) is 5.57 Å². The van der Waals surface area contributed by atoms with Crippen molar-refractivity contribution in [1.82, 2.24) is 0 Å². The molecule has 1 aromatic carbocycles. The highest BCUT2D eigenvalue weighted by Gasteiger charge is 2.07. The van der Waals surface area contributed by atoms with E-state index >= 15 is 0 Å². The molecule has 0 heterocycles. The quantitative estimate of drug-likeness (QED) is 0.623. The van der Waals surface area contributed by atoms with E-state index in [1.54, 1.807) is 11.1 Å². The predicted molar refractivity (Wildman–Crippen MR) is 78.4 cm³/mol. The number of benzene rings is 1. The van der Waals surface area contributed by atoms with Gasteiger partial charge in [0, 0.05) is 0 Å². The number of allylic oxidation sites excluding steroid dienone is 2. The summed E-state index contributed by atoms with van der Waals surface area (Å²) in [6, 6.07) is 6.90. The molecule has 0 nitrogen and oxygen atoms in total. The standard InChI is InChI=1S/C17H26/c1-6-9-13(4)16(8-3)17-12-15(7-2)11-10-14(17)5/h10-12H,6-9H2,1-5H3/b16-13+. The summed E-state index contributed by atoms with van der Waals surface area (Å²) in [4.78, 5) is 0. The fraction of sp³-hybridized carbons (Fsp3) is 0.529. The van der Waals surface area contributed by atoms with Gasteiger partial charge >= 0.3 is 0 Å². The highest BCUT2D eigenvalue weighted by atomic mass is 14.1. The molecule has 0 fully saturated rings. The van der Waals surface area contributed by atoms with Crippen molar-refractivity contribution in [2.45, 2.75) is 60.3 Å². The number of hydrogen-bond donors (Lipinski definition) is 0. The monoisotopic (exact) mass is 230 g/mol. The Morgan fingerprint density at radius 1 is 1.12 bits per heavy atom. The summed E-state index contributed by atoms with van der Waals surface area (Å²) >= 11 is 0. The second-order valence-electron chi connectivity index (χ2n) is 4.87. The Morgan fingerprint density at radius 3 is 2.35 bits per heavy atom. The third-order valence-corrected chi connectivity index (χ3v) is 3.53. The molecule has 17 heavy (non-hydrogen) atoms. The molecule has 0 spiro atoms. The normalized spacial score (nSPS) is 12.5. The van der Waals surface area contributed by atoms with Crippen LogP contribution in [0.5, 0.6) is 0 Å². The summed E-state index contributed by atoms with van der Waals surface area (Å²) in [5.74, 6) is 0. The lowest BCUT2D eigenvalue weighted by molar-refractivity contribution is 0.901. The maximum atomic E-state index is 2.38. The van der Waals surface area contributed by atoms with Crippen LogP contribution in [0, 0.1) is 6.92 Å². The first-order valence-corrected chi connectivity index (χ1v) is 6.92. The topological polar surface area (TPSA) is 0 Å². The van der Waals surface area contributed by atoms with Gasteiger partial charge in [-0.1, -0.05) is 51.0 Å². The molecule has 0 atom stereocenters. The molecule has 0 aliphatic heterocycles. The van der Waals surface area contributed by atoms with Crippen LogP contribution < -0.4 is 0 Å². The molecule has 0 unspecified atom stereocenters. The van der Waals surface area contributed by atoms with E-state index in [0.717, 1.165) is 12.8 Å². The van der Waals surface area contributed by atoms with Gasteiger partial charge in [0.25, 0.3) is 0 Å². The molecule has 0 saturated heterocycles. The zero-order valence-electron chi connectivity index (χ0n) is 12.1. The lowest BCUT2D eigenvalue weighted by atomic mass is 9.91. The van der Waals surface area contributed by atoms with Crippen molar-refractivity contribution < 1.29 is 0 Å². The van der Waals surface area contributed by atoms with Crippen molar-refractivity contribution in [3.8, 4) is 0 Å². The molecule has 0 bridgehead atoms. The Hall–Kier alpha value is -1.04. The van der Waals surface area contributed by atoms with E-state index in [-0.39, 0.29) is 0 Å². The molecule has 0 aliphatic carbocycles. The minimum absolute atomic E-state index is 1.12. The van der Waals surface area contributed by atoms with Crippen molar-refractivity contribution in [2.24, 2.45) is 0 Å². The van der Waals surface area contributed by atoms with Crippen molar-refractivity contribution >= 4 is 5.57 Å². The summed E-state index contributed by atoms with van der Waals surface area (Å²) < 4.78 is 0. The first-order chi connectivity index (χ1) is 8.13. The molecule has 0 amide bonds. The van der Waals surface area contributed by atoms with Gasteiger partial charge in [0.15, 0.2) is 0 Å². The molecule has 0 N–H and O–H groups in total. The van der Waals surface area contributed by atoms with Crippen molar-refractivity contribution in [2.75, 3.05) is 0 Å². The van der Waals surface area contributed by atoms with E-state index in [9.17, 15) is 0 Å². The van der Waals surface area contributed by atoms with E-state index in [1.165, 1.54) is 29.5 Å². The van der Waals surface area contributed by atoms with Gasteiger partial charge in [-0.3, -0.25) is 0 Å². The van der Waals surface area contributed by atoms with E-state index in [2.05, 4.69) is 52.8 Å². The summed E-state index contributed by atoms with van der Waals surface area (Å²) in [6.45, 7) is 11.3. The van der Waals surface area contributed by atoms with Crippen LogP contribution in [0.2, 0.25) is 0 Å². The summed E-state index contributed by atoms with van der Waals surface area (Å²) in [6.07, 6.45) is 4.72. The third kappa shape index (κ3) is 3.46. The molecule has 0 aliphatic rings. The SMILES string of the molecule is CCC/C(C)=C(\CC)c1cc(CC)ccc1C. The summed E-state index contributed by atoms with van der Waals surface area (Å²) in [7, 11) is 0. The lowest BCUT2D eigenvalue weighted by Crippen LogP contribution is -1.94. The number of aryl methyl sites for hydroxylation is 2. The van der Waals surface area contributed by atoms with Gasteiger partial charge in [-0.2, -0.15) is 0 Å². The number of hydrogen-bond acceptors (Lipinski definition) is 0. The van der Waals surface area contributed by atoms with Gasteiger partial charge < -0.3 is 0 Å². The van der Waals surface area contributed by atoms with Crippen LogP contribution in [0.15, 0.2) is 23.8 Å². The Bertz CT molecular complexity index is 396. The first-order valence-electron chi connectivity index (χ1n) is 6.92. The van der Waals surface area contributed by atoms with Gasteiger partial charge in [-0.15, -0.1) is 0 Å². The van der Waals surface area contributed by atoms with Gasteiger partial charge in [0.05, 0.1) is 0 Å². The van der Waals surface area contributed by atoms with Crippen LogP contribution in [-0.2, 0) is 6.42 Å². The van der Waals surface area contributed by atoms with Gasteiger partial charge in [-0.05, 0) is 55.4 Å². The van der Waals surface area contributed by atoms with Gasteiger partial charge in [-0.25, -0.2) is 0 Å². The minimum Gasteiger partial charge on any atom is -0.0695 e. The zero-order valence-corrected chi connectivity index (χ0v) is 12.1. The average molecular weight is 230 g/mol. The van der Waals surface area contributed by atoms with E-state index in [0.29, 0.717) is 0 Å². The fourth-order valence-corrected chi connectivity index (χ4v) is 2.46. The van der Waals surface area contributed by atoms with Gasteiger partial charge in [0.1, 0.15) is 0 Å². The smallest absolute Gasteiger partial charge is 0.0193 e. The molecule has 1 aromatic rings. The molecule has 94 valence electrons. The van der Waals surface area contributed by atoms with E-state index < -0.39 is 0 Å². The molecular weight excluding hydrogens is 204 g/mol. The average Bonchev–Trinajstić information content (AvgIpc) is 2.33. The Morgan fingerprint density at radius 2 is 1.82 bits per heavy atom. The molecule has 0 radical (unpaired) electrons. The molecule has 0 aromatic heterocycles. The second kappa shape index (κ2) is 6.64. The highest BCUT2D eigenvalue weighted by molar-refractivity contribution is 5.71. The summed E-state index contributed by atoms with van der Waals surface area (Å²) in [5, 5.41) is 0. The van der Waals surface area contributed by atoms with Crippen LogP contribution >= 0.6 is 0 Å². The molecular formula is C17H26. The minimum atomic E-state index is 1.12. The van der Waals surface area contributed by atoms with Crippen LogP contribution in [-0.4, -0.2) is 0 Å². The van der Waals surface area contributed by atoms with E-state index in [1.807, 2.05) is 0 Å². The van der Waals surface area contributed by atoms with Crippen LogP contribution in [0.3, 0.4) is 0 Å². The van der Waals surface area contributed by atoms with Gasteiger partial charge in [0.2, 0.25) is 0 Å². The van der Waals surface area contributed by atoms with Crippen LogP contribution in [0.4, 0.5) is 0 Å². The van der Waals surface area contributed by atoms with Crippen molar-refractivity contribution in [1.29, 1.82) is 0 Å². The Balaban J connectivity index is 3.24.